The van der Waals surface area contributed by atoms with E-state index in [9.17, 15) is 4.57 Å². The summed E-state index contributed by atoms with van der Waals surface area (Å²) >= 11 is 0. The summed E-state index contributed by atoms with van der Waals surface area (Å²) in [5.41, 5.74) is 0.951. The van der Waals surface area contributed by atoms with Crippen molar-refractivity contribution >= 4 is 12.6 Å². The fourth-order valence-electron chi connectivity index (χ4n) is 3.64. The molecule has 0 spiro atoms. The first-order valence-electron chi connectivity index (χ1n) is 8.54. The van der Waals surface area contributed by atoms with E-state index in [-0.39, 0.29) is 17.8 Å². The smallest absolute Gasteiger partial charge is 0.208 e. The summed E-state index contributed by atoms with van der Waals surface area (Å²) in [7, 11) is -2.94. The molecule has 124 valence electrons. The number of benzene rings is 2. The van der Waals surface area contributed by atoms with Crippen molar-refractivity contribution in [3.63, 3.8) is 0 Å². The highest BCUT2D eigenvalue weighted by molar-refractivity contribution is 7.69. The lowest BCUT2D eigenvalue weighted by atomic mass is 10.00. The number of rotatable bonds is 4. The van der Waals surface area contributed by atoms with Crippen LogP contribution >= 0.6 is 7.29 Å². The second-order valence-corrected chi connectivity index (χ2v) is 9.45. The highest BCUT2D eigenvalue weighted by atomic mass is 31.2. The molecule has 2 aliphatic heterocycles. The van der Waals surface area contributed by atoms with Crippen molar-refractivity contribution in [3.05, 3.63) is 78.4 Å². The molecule has 0 amide bonds. The molecule has 1 aliphatic carbocycles. The second kappa shape index (κ2) is 6.33. The fourth-order valence-corrected chi connectivity index (χ4v) is 6.73. The number of fused-ring (bicyclic) bond motifs is 2. The normalized spacial score (nSPS) is 26.9. The summed E-state index contributed by atoms with van der Waals surface area (Å²) in [6, 6.07) is 20.0. The third-order valence-electron chi connectivity index (χ3n) is 5.05. The van der Waals surface area contributed by atoms with Crippen LogP contribution in [0.25, 0.3) is 0 Å². The maximum Gasteiger partial charge on any atom is 0.208 e. The lowest BCUT2D eigenvalue weighted by Gasteiger charge is -2.46. The molecule has 2 aromatic carbocycles. The van der Waals surface area contributed by atoms with Gasteiger partial charge in [0.2, 0.25) is 7.29 Å². The van der Waals surface area contributed by atoms with Gasteiger partial charge in [0, 0.05) is 5.30 Å². The third kappa shape index (κ3) is 2.57. The number of nitrogens with zero attached hydrogens (tertiary/aromatic N) is 1. The molecule has 4 atom stereocenters. The van der Waals surface area contributed by atoms with Gasteiger partial charge in [-0.05, 0) is 25.3 Å². The van der Waals surface area contributed by atoms with Crippen molar-refractivity contribution in [1.82, 2.24) is 4.83 Å². The molecule has 0 saturated carbocycles. The number of hydrogen-bond acceptors (Lipinski definition) is 2. The minimum atomic E-state index is -2.94. The van der Waals surface area contributed by atoms with Crippen molar-refractivity contribution in [2.45, 2.75) is 37.6 Å². The van der Waals surface area contributed by atoms with Gasteiger partial charge in [-0.2, -0.15) is 0 Å². The zero-order valence-electron chi connectivity index (χ0n) is 13.8. The van der Waals surface area contributed by atoms with Gasteiger partial charge in [0.05, 0.1) is 17.8 Å². The Kier molecular flexibility index (Phi) is 4.17. The molecule has 1 saturated heterocycles. The van der Waals surface area contributed by atoms with Gasteiger partial charge < -0.3 is 0 Å². The molecule has 0 unspecified atom stereocenters. The van der Waals surface area contributed by atoms with E-state index in [0.717, 1.165) is 23.7 Å². The minimum absolute atomic E-state index is 0.0509. The quantitative estimate of drug-likeness (QED) is 0.598. The molecule has 3 aliphatic rings. The number of hydroxylamine groups is 1. The first-order valence-corrected chi connectivity index (χ1v) is 10.3. The van der Waals surface area contributed by atoms with Crippen LogP contribution < -0.4 is 5.30 Å². The molecule has 2 heterocycles. The Labute approximate surface area is 143 Å². The van der Waals surface area contributed by atoms with E-state index in [2.05, 4.69) is 31.2 Å². The summed E-state index contributed by atoms with van der Waals surface area (Å²) in [6.45, 7) is 2.05. The standard InChI is InChI=1S/C20H22NO2P/c1-16(17-8-4-2-5-9-17)24(22,20-10-6-3-7-11-20)21-18-12-14-19(23-21)15-13-18/h2-12,14,16,18-19H,13,15H2,1H3/t16-,18-,19+,24+/m0/s1. The minimum Gasteiger partial charge on any atom is -0.299 e. The van der Waals surface area contributed by atoms with Crippen molar-refractivity contribution in [1.29, 1.82) is 0 Å². The lowest BCUT2D eigenvalue weighted by Crippen LogP contribution is -2.45. The van der Waals surface area contributed by atoms with Crippen LogP contribution in [0.5, 0.6) is 0 Å². The molecular weight excluding hydrogens is 317 g/mol. The maximum atomic E-state index is 14.4. The summed E-state index contributed by atoms with van der Waals surface area (Å²) in [5, 5.41) is 0.863. The van der Waals surface area contributed by atoms with Gasteiger partial charge in [-0.15, -0.1) is 4.83 Å². The van der Waals surface area contributed by atoms with Gasteiger partial charge in [0.15, 0.2) is 0 Å². The van der Waals surface area contributed by atoms with E-state index in [0.29, 0.717) is 0 Å². The van der Waals surface area contributed by atoms with Crippen molar-refractivity contribution in [2.24, 2.45) is 0 Å². The Balaban J connectivity index is 1.82. The van der Waals surface area contributed by atoms with E-state index in [1.165, 1.54) is 0 Å². The molecule has 5 rings (SSSR count). The van der Waals surface area contributed by atoms with Gasteiger partial charge >= 0.3 is 0 Å². The van der Waals surface area contributed by atoms with Crippen LogP contribution in [0.2, 0.25) is 0 Å². The largest absolute Gasteiger partial charge is 0.299 e. The van der Waals surface area contributed by atoms with Gasteiger partial charge in [-0.3, -0.25) is 9.40 Å². The third-order valence-corrected chi connectivity index (χ3v) is 8.41. The van der Waals surface area contributed by atoms with E-state index in [1.54, 1.807) is 0 Å². The fraction of sp³-hybridized carbons (Fsp3) is 0.300. The van der Waals surface area contributed by atoms with Gasteiger partial charge in [-0.25, -0.2) is 0 Å². The zero-order chi connectivity index (χ0) is 16.6. The average Bonchev–Trinajstić information content (AvgIpc) is 2.69. The predicted octanol–water partition coefficient (Wildman–Crippen LogP) is 4.69. The highest BCUT2D eigenvalue weighted by Crippen LogP contribution is 2.63. The Morgan fingerprint density at radius 1 is 1.00 bits per heavy atom. The van der Waals surface area contributed by atoms with Crippen LogP contribution in [0.1, 0.15) is 31.0 Å². The second-order valence-electron chi connectivity index (χ2n) is 6.52. The molecule has 24 heavy (non-hydrogen) atoms. The van der Waals surface area contributed by atoms with E-state index in [4.69, 9.17) is 4.84 Å². The van der Waals surface area contributed by atoms with Crippen LogP contribution in [-0.2, 0) is 9.40 Å². The molecule has 0 radical (unpaired) electrons. The summed E-state index contributed by atoms with van der Waals surface area (Å²) < 4.78 is 14.4. The Morgan fingerprint density at radius 2 is 1.67 bits per heavy atom. The van der Waals surface area contributed by atoms with E-state index in [1.807, 2.05) is 53.4 Å². The average molecular weight is 339 g/mol. The topological polar surface area (TPSA) is 29.5 Å². The summed E-state index contributed by atoms with van der Waals surface area (Å²) in [5.74, 6) is 0. The maximum absolute atomic E-state index is 14.4. The molecule has 4 heteroatoms. The lowest BCUT2D eigenvalue weighted by molar-refractivity contribution is -0.171. The summed E-state index contributed by atoms with van der Waals surface area (Å²) in [6.07, 6.45) is 6.32. The van der Waals surface area contributed by atoms with Crippen molar-refractivity contribution in [3.8, 4) is 0 Å². The van der Waals surface area contributed by atoms with E-state index < -0.39 is 7.29 Å². The SMILES string of the molecule is C[C@@H](c1ccccc1)[P@@](=O)(c1ccccc1)N1O[C@@H]2C=C[C@H]1CC2. The molecule has 0 aromatic heterocycles. The molecule has 3 nitrogen and oxygen atoms in total. The number of hydrogen-bond donors (Lipinski definition) is 0. The monoisotopic (exact) mass is 339 g/mol. The van der Waals surface area contributed by atoms with Crippen LogP contribution in [0, 0.1) is 0 Å². The van der Waals surface area contributed by atoms with Crippen LogP contribution in [0.4, 0.5) is 0 Å². The first kappa shape index (κ1) is 15.8. The van der Waals surface area contributed by atoms with Crippen LogP contribution in [0.3, 0.4) is 0 Å². The Morgan fingerprint density at radius 3 is 2.21 bits per heavy atom. The van der Waals surface area contributed by atoms with Crippen molar-refractivity contribution < 1.29 is 9.40 Å². The molecule has 2 aromatic rings. The zero-order valence-corrected chi connectivity index (χ0v) is 14.7. The predicted molar refractivity (Wildman–Crippen MR) is 97.4 cm³/mol. The Hall–Kier alpha value is -1.67. The molecule has 1 fully saturated rings. The molecular formula is C20H22NO2P. The van der Waals surface area contributed by atoms with Gasteiger partial charge in [0.25, 0.3) is 0 Å². The summed E-state index contributed by atoms with van der Waals surface area (Å²) in [4.78, 5) is 7.96. The van der Waals surface area contributed by atoms with E-state index >= 15 is 0 Å². The first-order chi connectivity index (χ1) is 11.7. The molecule has 0 N–H and O–H groups in total. The molecule has 2 bridgehead atoms. The van der Waals surface area contributed by atoms with Gasteiger partial charge in [-0.1, -0.05) is 72.8 Å². The van der Waals surface area contributed by atoms with Gasteiger partial charge in [0.1, 0.15) is 0 Å². The van der Waals surface area contributed by atoms with Crippen molar-refractivity contribution in [2.75, 3.05) is 0 Å². The Bertz CT molecular complexity index is 775. The van der Waals surface area contributed by atoms with Crippen LogP contribution in [0.15, 0.2) is 72.8 Å². The highest BCUT2D eigenvalue weighted by Gasteiger charge is 2.47. The van der Waals surface area contributed by atoms with Crippen LogP contribution in [-0.4, -0.2) is 17.0 Å².